The van der Waals surface area contributed by atoms with Crippen LogP contribution in [0.1, 0.15) is 24.5 Å². The number of nitrogens with one attached hydrogen (secondary N) is 1. The minimum absolute atomic E-state index is 0.622. The fourth-order valence-corrected chi connectivity index (χ4v) is 2.49. The van der Waals surface area contributed by atoms with E-state index in [1.165, 1.54) is 12.8 Å². The van der Waals surface area contributed by atoms with Gasteiger partial charge in [-0.1, -0.05) is 0 Å². The van der Waals surface area contributed by atoms with Crippen molar-refractivity contribution in [1.82, 2.24) is 5.32 Å². The maximum atomic E-state index is 5.47. The van der Waals surface area contributed by atoms with Crippen LogP contribution in [0.15, 0.2) is 21.2 Å². The van der Waals surface area contributed by atoms with Crippen molar-refractivity contribution in [1.29, 1.82) is 0 Å². The molecule has 72 valence electrons. The lowest BCUT2D eigenvalue weighted by atomic mass is 9.72. The summed E-state index contributed by atoms with van der Waals surface area (Å²) in [5.74, 6) is 2.51. The third-order valence-electron chi connectivity index (χ3n) is 2.87. The molecule has 13 heavy (non-hydrogen) atoms. The van der Waals surface area contributed by atoms with E-state index in [2.05, 4.69) is 21.2 Å². The van der Waals surface area contributed by atoms with E-state index in [-0.39, 0.29) is 0 Å². The number of furan rings is 1. The molecule has 0 spiro atoms. The van der Waals surface area contributed by atoms with E-state index in [4.69, 9.17) is 4.42 Å². The van der Waals surface area contributed by atoms with Crippen molar-refractivity contribution in [2.45, 2.75) is 18.8 Å². The average molecular weight is 244 g/mol. The molecule has 2 nitrogen and oxygen atoms in total. The SMILES string of the molecule is CNCC1CCC1c1occc1Br. The lowest BCUT2D eigenvalue weighted by Crippen LogP contribution is -2.32. The summed E-state index contributed by atoms with van der Waals surface area (Å²) >= 11 is 3.51. The van der Waals surface area contributed by atoms with E-state index < -0.39 is 0 Å². The maximum Gasteiger partial charge on any atom is 0.121 e. The van der Waals surface area contributed by atoms with Crippen LogP contribution in [-0.4, -0.2) is 13.6 Å². The highest BCUT2D eigenvalue weighted by atomic mass is 79.9. The van der Waals surface area contributed by atoms with Gasteiger partial charge in [-0.3, -0.25) is 0 Å². The zero-order chi connectivity index (χ0) is 9.26. The molecule has 1 aromatic rings. The Kier molecular flexibility index (Phi) is 2.74. The Morgan fingerprint density at radius 3 is 2.92 bits per heavy atom. The summed E-state index contributed by atoms with van der Waals surface area (Å²) in [7, 11) is 2.01. The molecule has 3 heteroatoms. The fourth-order valence-electron chi connectivity index (χ4n) is 1.99. The van der Waals surface area contributed by atoms with Gasteiger partial charge in [0.2, 0.25) is 0 Å². The molecule has 1 saturated carbocycles. The molecule has 2 unspecified atom stereocenters. The van der Waals surface area contributed by atoms with Crippen LogP contribution in [0.3, 0.4) is 0 Å². The Balaban J connectivity index is 2.06. The molecule has 0 saturated heterocycles. The molecule has 0 radical (unpaired) electrons. The van der Waals surface area contributed by atoms with Gasteiger partial charge < -0.3 is 9.73 Å². The second-order valence-corrected chi connectivity index (χ2v) is 4.49. The predicted octanol–water partition coefficient (Wildman–Crippen LogP) is 2.76. The van der Waals surface area contributed by atoms with Crippen LogP contribution < -0.4 is 5.32 Å². The van der Waals surface area contributed by atoms with Crippen LogP contribution in [0.4, 0.5) is 0 Å². The third-order valence-corrected chi connectivity index (χ3v) is 3.52. The molecule has 1 aliphatic rings. The molecule has 0 bridgehead atoms. The molecule has 1 N–H and O–H groups in total. The lowest BCUT2D eigenvalue weighted by Gasteiger charge is -2.35. The average Bonchev–Trinajstić information content (AvgIpc) is 2.46. The monoisotopic (exact) mass is 243 g/mol. The molecule has 0 amide bonds. The molecule has 1 aliphatic carbocycles. The first-order valence-electron chi connectivity index (χ1n) is 4.70. The molecule has 0 aromatic carbocycles. The zero-order valence-corrected chi connectivity index (χ0v) is 9.30. The second-order valence-electron chi connectivity index (χ2n) is 3.63. The van der Waals surface area contributed by atoms with Gasteiger partial charge in [0.15, 0.2) is 0 Å². The van der Waals surface area contributed by atoms with Crippen LogP contribution in [0.25, 0.3) is 0 Å². The van der Waals surface area contributed by atoms with Crippen molar-refractivity contribution in [3.05, 3.63) is 22.6 Å². The van der Waals surface area contributed by atoms with Crippen LogP contribution in [0.2, 0.25) is 0 Å². The highest BCUT2D eigenvalue weighted by Crippen LogP contribution is 2.44. The van der Waals surface area contributed by atoms with Crippen molar-refractivity contribution < 1.29 is 4.42 Å². The largest absolute Gasteiger partial charge is 0.468 e. The van der Waals surface area contributed by atoms with E-state index in [0.717, 1.165) is 22.7 Å². The molecule has 0 aliphatic heterocycles. The van der Waals surface area contributed by atoms with Crippen LogP contribution in [-0.2, 0) is 0 Å². The minimum Gasteiger partial charge on any atom is -0.468 e. The normalized spacial score (nSPS) is 27.2. The Bertz CT molecular complexity index is 284. The summed E-state index contributed by atoms with van der Waals surface area (Å²) in [5.41, 5.74) is 0. The first-order valence-corrected chi connectivity index (χ1v) is 5.49. The molecule has 1 fully saturated rings. The summed E-state index contributed by atoms with van der Waals surface area (Å²) in [6.07, 6.45) is 4.34. The molecular formula is C10H14BrNO. The Morgan fingerprint density at radius 2 is 2.46 bits per heavy atom. The van der Waals surface area contributed by atoms with E-state index in [0.29, 0.717) is 5.92 Å². The highest BCUT2D eigenvalue weighted by molar-refractivity contribution is 9.10. The minimum atomic E-state index is 0.622. The summed E-state index contributed by atoms with van der Waals surface area (Å²) < 4.78 is 6.59. The van der Waals surface area contributed by atoms with Gasteiger partial charge in [-0.05, 0) is 54.3 Å². The third kappa shape index (κ3) is 1.67. The van der Waals surface area contributed by atoms with Crippen molar-refractivity contribution in [3.8, 4) is 0 Å². The van der Waals surface area contributed by atoms with E-state index in [9.17, 15) is 0 Å². The quantitative estimate of drug-likeness (QED) is 0.884. The maximum absolute atomic E-state index is 5.47. The van der Waals surface area contributed by atoms with Crippen molar-refractivity contribution >= 4 is 15.9 Å². The van der Waals surface area contributed by atoms with Gasteiger partial charge >= 0.3 is 0 Å². The number of hydrogen-bond donors (Lipinski definition) is 1. The second kappa shape index (κ2) is 3.84. The number of halogens is 1. The topological polar surface area (TPSA) is 25.2 Å². The summed E-state index contributed by atoms with van der Waals surface area (Å²) in [6.45, 7) is 1.10. The Hall–Kier alpha value is -0.280. The first kappa shape index (κ1) is 9.28. The van der Waals surface area contributed by atoms with E-state index in [1.54, 1.807) is 6.26 Å². The van der Waals surface area contributed by atoms with Gasteiger partial charge in [-0.25, -0.2) is 0 Å². The molecule has 2 atom stereocenters. The smallest absolute Gasteiger partial charge is 0.121 e. The highest BCUT2D eigenvalue weighted by Gasteiger charge is 2.34. The van der Waals surface area contributed by atoms with Gasteiger partial charge in [0, 0.05) is 5.92 Å². The van der Waals surface area contributed by atoms with E-state index in [1.807, 2.05) is 13.1 Å². The summed E-state index contributed by atoms with van der Waals surface area (Å²) in [6, 6.07) is 1.98. The summed E-state index contributed by atoms with van der Waals surface area (Å²) in [4.78, 5) is 0. The van der Waals surface area contributed by atoms with Gasteiger partial charge in [-0.2, -0.15) is 0 Å². The molecule has 1 aromatic heterocycles. The van der Waals surface area contributed by atoms with Gasteiger partial charge in [0.1, 0.15) is 5.76 Å². The zero-order valence-electron chi connectivity index (χ0n) is 7.72. The number of hydrogen-bond acceptors (Lipinski definition) is 2. The van der Waals surface area contributed by atoms with Crippen LogP contribution >= 0.6 is 15.9 Å². The number of rotatable bonds is 3. The van der Waals surface area contributed by atoms with Crippen LogP contribution in [0.5, 0.6) is 0 Å². The molecular weight excluding hydrogens is 230 g/mol. The standard InChI is InChI=1S/C10H14BrNO/c1-12-6-7-2-3-8(7)10-9(11)4-5-13-10/h4-5,7-8,12H,2-3,6H2,1H3. The lowest BCUT2D eigenvalue weighted by molar-refractivity contribution is 0.218. The van der Waals surface area contributed by atoms with Crippen molar-refractivity contribution in [2.75, 3.05) is 13.6 Å². The van der Waals surface area contributed by atoms with Gasteiger partial charge in [-0.15, -0.1) is 0 Å². The first-order chi connectivity index (χ1) is 6.33. The van der Waals surface area contributed by atoms with Crippen molar-refractivity contribution in [3.63, 3.8) is 0 Å². The molecule has 1 heterocycles. The summed E-state index contributed by atoms with van der Waals surface area (Å²) in [5, 5.41) is 3.22. The Morgan fingerprint density at radius 1 is 1.62 bits per heavy atom. The van der Waals surface area contributed by atoms with Crippen molar-refractivity contribution in [2.24, 2.45) is 5.92 Å². The fraction of sp³-hybridized carbons (Fsp3) is 0.600. The van der Waals surface area contributed by atoms with Crippen LogP contribution in [0, 0.1) is 5.92 Å². The van der Waals surface area contributed by atoms with Gasteiger partial charge in [0.25, 0.3) is 0 Å². The Labute approximate surface area is 86.8 Å². The predicted molar refractivity (Wildman–Crippen MR) is 55.8 cm³/mol. The van der Waals surface area contributed by atoms with E-state index >= 15 is 0 Å². The van der Waals surface area contributed by atoms with Gasteiger partial charge in [0.05, 0.1) is 10.7 Å². The molecule has 2 rings (SSSR count).